The van der Waals surface area contributed by atoms with Gasteiger partial charge in [0, 0.05) is 24.1 Å². The van der Waals surface area contributed by atoms with E-state index in [1.165, 1.54) is 35.8 Å². The molecule has 0 saturated carbocycles. The number of rotatable bonds is 3. The third kappa shape index (κ3) is 2.87. The highest BCUT2D eigenvalue weighted by Crippen LogP contribution is 2.41. The Morgan fingerprint density at radius 3 is 2.34 bits per heavy atom. The van der Waals surface area contributed by atoms with E-state index in [1.54, 1.807) is 37.4 Å². The monoisotopic (exact) mass is 448 g/mol. The summed E-state index contributed by atoms with van der Waals surface area (Å²) in [6.45, 7) is 1.47. The van der Waals surface area contributed by atoms with Crippen molar-refractivity contribution in [2.45, 2.75) is 11.8 Å². The van der Waals surface area contributed by atoms with E-state index in [1.807, 2.05) is 0 Å². The van der Waals surface area contributed by atoms with Crippen molar-refractivity contribution in [1.82, 2.24) is 4.57 Å². The van der Waals surface area contributed by atoms with Gasteiger partial charge in [0.25, 0.3) is 15.6 Å². The number of carbonyl (C=O) groups excluding carboxylic acids is 1. The lowest BCUT2D eigenvalue weighted by atomic mass is 9.83. The lowest BCUT2D eigenvalue weighted by molar-refractivity contribution is 0.104. The number of nitrogens with one attached hydrogen (secondary N) is 1. The molecule has 32 heavy (non-hydrogen) atoms. The molecule has 0 spiro atoms. The molecule has 1 N–H and O–H groups in total. The molecule has 0 saturated heterocycles. The molecule has 0 amide bonds. The lowest BCUT2D eigenvalue weighted by Gasteiger charge is -2.23. The highest BCUT2D eigenvalue weighted by molar-refractivity contribution is 7.92. The van der Waals surface area contributed by atoms with Gasteiger partial charge >= 0.3 is 0 Å². The van der Waals surface area contributed by atoms with Crippen LogP contribution < -0.4 is 10.3 Å². The highest BCUT2D eigenvalue weighted by atomic mass is 32.2. The minimum atomic E-state index is -4.10. The van der Waals surface area contributed by atoms with E-state index in [-0.39, 0.29) is 33.1 Å². The zero-order valence-electron chi connectivity index (χ0n) is 17.1. The van der Waals surface area contributed by atoms with Crippen molar-refractivity contribution in [1.29, 1.82) is 0 Å². The molecule has 160 valence electrons. The molecule has 0 aliphatic heterocycles. The Morgan fingerprint density at radius 2 is 1.62 bits per heavy atom. The number of anilines is 1. The number of halogens is 1. The van der Waals surface area contributed by atoms with Crippen LogP contribution in [-0.4, -0.2) is 18.8 Å². The molecule has 5 rings (SSSR count). The smallest absolute Gasteiger partial charge is 0.261 e. The number of aromatic nitrogens is 1. The molecule has 1 aliphatic rings. The Kier molecular flexibility index (Phi) is 4.32. The van der Waals surface area contributed by atoms with Gasteiger partial charge in [-0.15, -0.1) is 0 Å². The van der Waals surface area contributed by atoms with E-state index in [2.05, 4.69) is 4.72 Å². The van der Waals surface area contributed by atoms with Gasteiger partial charge in [0.2, 0.25) is 0 Å². The Hall–Kier alpha value is -3.78. The summed E-state index contributed by atoms with van der Waals surface area (Å²) in [4.78, 5) is 25.9. The number of ketones is 1. The number of sulfonamides is 1. The van der Waals surface area contributed by atoms with Crippen molar-refractivity contribution in [3.05, 3.63) is 93.5 Å². The summed E-state index contributed by atoms with van der Waals surface area (Å²) >= 11 is 0. The fraction of sp³-hybridized carbons (Fsp3) is 0.0833. The summed E-state index contributed by atoms with van der Waals surface area (Å²) in [6, 6.07) is 14.9. The third-order valence-electron chi connectivity index (χ3n) is 5.79. The topological polar surface area (TPSA) is 85.2 Å². The van der Waals surface area contributed by atoms with E-state index in [9.17, 15) is 22.4 Å². The fourth-order valence-corrected chi connectivity index (χ4v) is 5.28. The first-order chi connectivity index (χ1) is 15.2. The van der Waals surface area contributed by atoms with Crippen LogP contribution in [0.1, 0.15) is 21.5 Å². The van der Waals surface area contributed by atoms with E-state index >= 15 is 0 Å². The van der Waals surface area contributed by atoms with Crippen molar-refractivity contribution < 1.29 is 17.6 Å². The zero-order valence-corrected chi connectivity index (χ0v) is 18.0. The van der Waals surface area contributed by atoms with Gasteiger partial charge in [-0.3, -0.25) is 14.3 Å². The fourth-order valence-electron chi connectivity index (χ4n) is 4.13. The van der Waals surface area contributed by atoms with Crippen molar-refractivity contribution >= 4 is 32.4 Å². The molecule has 3 aromatic carbocycles. The van der Waals surface area contributed by atoms with Crippen molar-refractivity contribution in [3.8, 4) is 11.1 Å². The normalized spacial score (nSPS) is 12.7. The number of hydrogen-bond donors (Lipinski definition) is 1. The Labute approximate surface area is 183 Å². The second kappa shape index (κ2) is 6.86. The number of carbonyl (C=O) groups is 1. The van der Waals surface area contributed by atoms with E-state index in [0.717, 1.165) is 6.07 Å². The van der Waals surface area contributed by atoms with E-state index in [4.69, 9.17) is 0 Å². The molecule has 0 bridgehead atoms. The van der Waals surface area contributed by atoms with E-state index in [0.29, 0.717) is 27.6 Å². The van der Waals surface area contributed by atoms with Gasteiger partial charge in [0.15, 0.2) is 5.78 Å². The highest BCUT2D eigenvalue weighted by Gasteiger charge is 2.30. The van der Waals surface area contributed by atoms with Crippen LogP contribution in [0.4, 0.5) is 10.1 Å². The molecule has 1 heterocycles. The molecule has 0 radical (unpaired) electrons. The second-order valence-corrected chi connectivity index (χ2v) is 9.41. The maximum absolute atomic E-state index is 13.6. The molecule has 0 unspecified atom stereocenters. The largest absolute Gasteiger partial charge is 0.311 e. The Morgan fingerprint density at radius 1 is 0.906 bits per heavy atom. The summed E-state index contributed by atoms with van der Waals surface area (Å²) < 4.78 is 43.6. The minimum Gasteiger partial charge on any atom is -0.311 e. The van der Waals surface area contributed by atoms with Crippen LogP contribution in [0.2, 0.25) is 0 Å². The molecule has 0 atom stereocenters. The average Bonchev–Trinajstić information content (AvgIpc) is 2.76. The van der Waals surface area contributed by atoms with Gasteiger partial charge in [-0.05, 0) is 53.9 Å². The van der Waals surface area contributed by atoms with Crippen LogP contribution in [0.5, 0.6) is 0 Å². The summed E-state index contributed by atoms with van der Waals surface area (Å²) in [5.41, 5.74) is 2.33. The maximum atomic E-state index is 13.6. The minimum absolute atomic E-state index is 0.0962. The second-order valence-electron chi connectivity index (χ2n) is 7.73. The average molecular weight is 448 g/mol. The molecule has 1 aromatic heterocycles. The SMILES string of the molecule is Cc1cc(S(=O)(=O)Nc2ccc3c4c(cc(=O)n3C)-c3ccccc3C(=O)c24)ccc1F. The molecule has 6 nitrogen and oxygen atoms in total. The van der Waals surface area contributed by atoms with Crippen molar-refractivity contribution in [2.24, 2.45) is 7.05 Å². The van der Waals surface area contributed by atoms with Gasteiger partial charge in [-0.1, -0.05) is 24.3 Å². The zero-order chi connectivity index (χ0) is 22.8. The van der Waals surface area contributed by atoms with Crippen LogP contribution >= 0.6 is 0 Å². The van der Waals surface area contributed by atoms with Crippen LogP contribution in [0.15, 0.2) is 70.4 Å². The van der Waals surface area contributed by atoms with Gasteiger partial charge in [0.1, 0.15) is 5.82 Å². The number of hydrogen-bond acceptors (Lipinski definition) is 4. The summed E-state index contributed by atoms with van der Waals surface area (Å²) in [6.07, 6.45) is 0. The predicted molar refractivity (Wildman–Crippen MR) is 120 cm³/mol. The number of aryl methyl sites for hydroxylation is 2. The number of benzene rings is 3. The summed E-state index contributed by atoms with van der Waals surface area (Å²) in [5.74, 6) is -0.854. The van der Waals surface area contributed by atoms with E-state index < -0.39 is 15.8 Å². The maximum Gasteiger partial charge on any atom is 0.261 e. The molecule has 8 heteroatoms. The first-order valence-electron chi connectivity index (χ1n) is 9.79. The molecular formula is C24H17FN2O4S. The van der Waals surface area contributed by atoms with Gasteiger partial charge in [-0.25, -0.2) is 12.8 Å². The predicted octanol–water partition coefficient (Wildman–Crippen LogP) is 4.00. The lowest BCUT2D eigenvalue weighted by Crippen LogP contribution is -2.22. The van der Waals surface area contributed by atoms with Gasteiger partial charge in [0.05, 0.1) is 21.7 Å². The third-order valence-corrected chi connectivity index (χ3v) is 7.15. The summed E-state index contributed by atoms with van der Waals surface area (Å²) in [5, 5.41) is 0.506. The Bertz CT molecular complexity index is 1640. The van der Waals surface area contributed by atoms with Crippen LogP contribution in [0, 0.1) is 12.7 Å². The van der Waals surface area contributed by atoms with Gasteiger partial charge in [-0.2, -0.15) is 0 Å². The molecule has 4 aromatic rings. The Balaban J connectivity index is 1.78. The standard InChI is InChI=1S/C24H17FN2O4S/c1-13-11-14(7-8-18(13)25)32(30,31)26-19-9-10-20-22-17(12-21(28)27(20)2)15-5-3-4-6-16(15)24(29)23(19)22/h3-12,26H,1-2H3. The molecule has 1 aliphatic carbocycles. The van der Waals surface area contributed by atoms with Crippen LogP contribution in [0.25, 0.3) is 22.0 Å². The quantitative estimate of drug-likeness (QED) is 0.452. The summed E-state index contributed by atoms with van der Waals surface area (Å²) in [7, 11) is -2.50. The van der Waals surface area contributed by atoms with Crippen molar-refractivity contribution in [3.63, 3.8) is 0 Å². The molecular weight excluding hydrogens is 431 g/mol. The number of pyridine rings is 1. The number of fused-ring (bicyclic) bond motifs is 2. The van der Waals surface area contributed by atoms with Gasteiger partial charge < -0.3 is 4.57 Å². The number of nitrogens with zero attached hydrogens (tertiary/aromatic N) is 1. The van der Waals surface area contributed by atoms with Crippen LogP contribution in [0.3, 0.4) is 0 Å². The molecule has 0 fully saturated rings. The van der Waals surface area contributed by atoms with Crippen LogP contribution in [-0.2, 0) is 17.1 Å². The first-order valence-corrected chi connectivity index (χ1v) is 11.3. The first kappa shape index (κ1) is 20.1. The van der Waals surface area contributed by atoms with Crippen molar-refractivity contribution in [2.75, 3.05) is 4.72 Å².